The first-order chi connectivity index (χ1) is 11.5. The van der Waals surface area contributed by atoms with Gasteiger partial charge in [-0.1, -0.05) is 6.58 Å². The van der Waals surface area contributed by atoms with Crippen molar-refractivity contribution in [3.63, 3.8) is 0 Å². The molecule has 0 bridgehead atoms. The molecule has 0 aliphatic heterocycles. The number of nitrogens with zero attached hydrogens (tertiary/aromatic N) is 1. The van der Waals surface area contributed by atoms with Crippen LogP contribution in [-0.2, 0) is 19.4 Å². The fourth-order valence-electron chi connectivity index (χ4n) is 1.75. The summed E-state index contributed by atoms with van der Waals surface area (Å²) in [5, 5.41) is 2.36. The molecule has 0 radical (unpaired) electrons. The Kier molecular flexibility index (Phi) is 7.04. The van der Waals surface area contributed by atoms with Crippen LogP contribution in [0.15, 0.2) is 35.7 Å². The Balaban J connectivity index is 3.05. The van der Waals surface area contributed by atoms with Gasteiger partial charge in [0.25, 0.3) is 6.43 Å². The molecule has 0 aliphatic carbocycles. The predicted octanol–water partition coefficient (Wildman–Crippen LogP) is 1.32. The Morgan fingerprint density at radius 3 is 2.56 bits per heavy atom. The number of hydrogen-bond acceptors (Lipinski definition) is 5. The third-order valence-electron chi connectivity index (χ3n) is 2.95. The lowest BCUT2D eigenvalue weighted by Crippen LogP contribution is -2.33. The highest BCUT2D eigenvalue weighted by Gasteiger charge is 2.17. The Labute approximate surface area is 144 Å². The summed E-state index contributed by atoms with van der Waals surface area (Å²) in [5.74, 6) is -1.27. The molecule has 0 aromatic heterocycles. The molecular weight excluding hydrogens is 358 g/mol. The number of hydrogen-bond donors (Lipinski definition) is 1. The number of nitrogens with one attached hydrogen (secondary N) is 1. The second-order valence-corrected chi connectivity index (χ2v) is 7.09. The summed E-state index contributed by atoms with van der Waals surface area (Å²) >= 11 is 0. The summed E-state index contributed by atoms with van der Waals surface area (Å²) in [5.41, 5.74) is -0.0898. The molecule has 1 N–H and O–H groups in total. The fourth-order valence-corrected chi connectivity index (χ4v) is 2.40. The number of rotatable bonds is 8. The molecular formula is C15H18F2N2O5S. The van der Waals surface area contributed by atoms with Crippen LogP contribution in [0.2, 0.25) is 0 Å². The molecule has 0 spiro atoms. The van der Waals surface area contributed by atoms with Gasteiger partial charge in [-0.2, -0.15) is 0 Å². The van der Waals surface area contributed by atoms with Gasteiger partial charge in [-0.3, -0.25) is 9.59 Å². The Morgan fingerprint density at radius 2 is 2.04 bits per heavy atom. The van der Waals surface area contributed by atoms with Crippen LogP contribution in [0.25, 0.3) is 0 Å². The third kappa shape index (κ3) is 6.49. The first-order valence-corrected chi connectivity index (χ1v) is 8.86. The minimum Gasteiger partial charge on any atom is -0.485 e. The summed E-state index contributed by atoms with van der Waals surface area (Å²) in [4.78, 5) is 24.3. The van der Waals surface area contributed by atoms with E-state index < -0.39 is 34.7 Å². The summed E-state index contributed by atoms with van der Waals surface area (Å²) in [7, 11) is -2.22. The maximum atomic E-state index is 12.3. The average molecular weight is 376 g/mol. The summed E-state index contributed by atoms with van der Waals surface area (Å²) in [6.07, 6.45) is -0.756. The maximum Gasteiger partial charge on any atom is 0.272 e. The van der Waals surface area contributed by atoms with E-state index in [-0.39, 0.29) is 22.9 Å². The highest BCUT2D eigenvalue weighted by molar-refractivity contribution is 7.90. The lowest BCUT2D eigenvalue weighted by molar-refractivity contribution is -0.129. The highest BCUT2D eigenvalue weighted by Crippen LogP contribution is 2.28. The van der Waals surface area contributed by atoms with Gasteiger partial charge in [-0.15, -0.1) is 0 Å². The van der Waals surface area contributed by atoms with Crippen molar-refractivity contribution in [3.05, 3.63) is 30.9 Å². The van der Waals surface area contributed by atoms with Gasteiger partial charge in [0.15, 0.2) is 9.84 Å². The van der Waals surface area contributed by atoms with Gasteiger partial charge < -0.3 is 15.0 Å². The molecule has 0 aliphatic rings. The molecule has 0 atom stereocenters. The van der Waals surface area contributed by atoms with Gasteiger partial charge >= 0.3 is 0 Å². The lowest BCUT2D eigenvalue weighted by Gasteiger charge is -2.17. The topological polar surface area (TPSA) is 92.8 Å². The molecule has 0 heterocycles. The predicted molar refractivity (Wildman–Crippen MR) is 87.5 cm³/mol. The quantitative estimate of drug-likeness (QED) is 0.691. The van der Waals surface area contributed by atoms with E-state index in [0.29, 0.717) is 0 Å². The first-order valence-electron chi connectivity index (χ1n) is 6.97. The molecule has 10 heteroatoms. The van der Waals surface area contributed by atoms with Crippen molar-refractivity contribution in [1.82, 2.24) is 4.90 Å². The Hall–Kier alpha value is -2.49. The number of benzene rings is 1. The highest BCUT2D eigenvalue weighted by atomic mass is 32.2. The van der Waals surface area contributed by atoms with Gasteiger partial charge in [0.2, 0.25) is 11.8 Å². The van der Waals surface area contributed by atoms with Crippen molar-refractivity contribution in [2.24, 2.45) is 0 Å². The van der Waals surface area contributed by atoms with Gasteiger partial charge in [-0.25, -0.2) is 17.2 Å². The van der Waals surface area contributed by atoms with E-state index in [1.54, 1.807) is 0 Å². The molecule has 0 unspecified atom stereocenters. The number of amides is 2. The van der Waals surface area contributed by atoms with Gasteiger partial charge in [0.05, 0.1) is 17.1 Å². The Bertz CT molecular complexity index is 765. The van der Waals surface area contributed by atoms with Crippen LogP contribution in [0.4, 0.5) is 14.5 Å². The van der Waals surface area contributed by atoms with E-state index in [2.05, 4.69) is 11.9 Å². The zero-order valence-electron chi connectivity index (χ0n) is 13.7. The van der Waals surface area contributed by atoms with Crippen LogP contribution >= 0.6 is 0 Å². The number of sulfone groups is 1. The monoisotopic (exact) mass is 376 g/mol. The number of ether oxygens (including phenoxy) is 1. The number of alkyl halides is 2. The third-order valence-corrected chi connectivity index (χ3v) is 4.06. The van der Waals surface area contributed by atoms with Crippen LogP contribution in [0.1, 0.15) is 0 Å². The summed E-state index contributed by atoms with van der Waals surface area (Å²) < 4.78 is 52.8. The van der Waals surface area contributed by atoms with Gasteiger partial charge in [-0.05, 0) is 24.3 Å². The second-order valence-electron chi connectivity index (χ2n) is 5.08. The zero-order chi connectivity index (χ0) is 19.2. The number of halogens is 2. The zero-order valence-corrected chi connectivity index (χ0v) is 14.5. The summed E-state index contributed by atoms with van der Waals surface area (Å²) in [6, 6.07) is 3.45. The van der Waals surface area contributed by atoms with E-state index in [0.717, 1.165) is 23.3 Å². The average Bonchev–Trinajstić information content (AvgIpc) is 2.51. The lowest BCUT2D eigenvalue weighted by atomic mass is 10.3. The largest absolute Gasteiger partial charge is 0.485 e. The number of carbonyl (C=O) groups excluding carboxylic acids is 2. The van der Waals surface area contributed by atoms with E-state index in [1.165, 1.54) is 19.2 Å². The van der Waals surface area contributed by atoms with Crippen molar-refractivity contribution >= 4 is 27.3 Å². The molecule has 1 rings (SSSR count). The maximum absolute atomic E-state index is 12.3. The van der Waals surface area contributed by atoms with E-state index >= 15 is 0 Å². The van der Waals surface area contributed by atoms with Gasteiger partial charge in [0, 0.05) is 13.3 Å². The molecule has 0 saturated carbocycles. The minimum atomic E-state index is -3.58. The van der Waals surface area contributed by atoms with Crippen molar-refractivity contribution in [1.29, 1.82) is 0 Å². The normalized spacial score (nSPS) is 11.1. The molecule has 138 valence electrons. The van der Waals surface area contributed by atoms with Crippen LogP contribution in [-0.4, -0.2) is 58.0 Å². The van der Waals surface area contributed by atoms with Crippen molar-refractivity contribution in [3.8, 4) is 5.75 Å². The second kappa shape index (κ2) is 8.56. The molecule has 0 saturated heterocycles. The van der Waals surface area contributed by atoms with Crippen LogP contribution in [0, 0.1) is 0 Å². The van der Waals surface area contributed by atoms with E-state index in [4.69, 9.17) is 4.74 Å². The number of carbonyl (C=O) groups is 2. The van der Waals surface area contributed by atoms with E-state index in [1.807, 2.05) is 0 Å². The van der Waals surface area contributed by atoms with E-state index in [9.17, 15) is 26.8 Å². The fraction of sp³-hybridized carbons (Fsp3) is 0.333. The van der Waals surface area contributed by atoms with Crippen LogP contribution in [0.3, 0.4) is 0 Å². The standard InChI is InChI=1S/C15H18F2N2O5S/c1-4-15(21)19(2)8-14(20)18-11-7-10(25(3,22)23)5-6-12(11)24-9-13(16)17/h4-7,13H,1,8-9H2,2-3H3,(H,18,20). The van der Waals surface area contributed by atoms with Gasteiger partial charge in [0.1, 0.15) is 12.4 Å². The SMILES string of the molecule is C=CC(=O)N(C)CC(=O)Nc1cc(S(C)(=O)=O)ccc1OCC(F)F. The van der Waals surface area contributed by atoms with Crippen LogP contribution < -0.4 is 10.1 Å². The van der Waals surface area contributed by atoms with Crippen molar-refractivity contribution in [2.75, 3.05) is 31.8 Å². The molecule has 1 aromatic rings. The summed E-state index contributed by atoms with van der Waals surface area (Å²) in [6.45, 7) is 2.02. The number of anilines is 1. The van der Waals surface area contributed by atoms with Crippen LogP contribution in [0.5, 0.6) is 5.75 Å². The van der Waals surface area contributed by atoms with Crippen molar-refractivity contribution in [2.45, 2.75) is 11.3 Å². The smallest absolute Gasteiger partial charge is 0.272 e. The van der Waals surface area contributed by atoms with Crippen molar-refractivity contribution < 1.29 is 31.5 Å². The molecule has 1 aromatic carbocycles. The Morgan fingerprint density at radius 1 is 1.40 bits per heavy atom. The minimum absolute atomic E-state index is 0.0898. The first kappa shape index (κ1) is 20.6. The molecule has 7 nitrogen and oxygen atoms in total. The number of likely N-dealkylation sites (N-methyl/N-ethyl adjacent to an activating group) is 1. The molecule has 2 amide bonds. The molecule has 25 heavy (non-hydrogen) atoms. The molecule has 0 fully saturated rings.